The summed E-state index contributed by atoms with van der Waals surface area (Å²) in [6.45, 7) is 6.51. The lowest BCUT2D eigenvalue weighted by Gasteiger charge is -2.33. The van der Waals surface area contributed by atoms with Crippen LogP contribution in [0.1, 0.15) is 42.6 Å². The summed E-state index contributed by atoms with van der Waals surface area (Å²) in [5, 5.41) is 3.38. The average molecular weight is 472 g/mol. The standard InChI is InChI=1S/C25H30FN3O5/c1-4-32-21-12-16(13-22(23(21)26)33-5-2)15-29(18-8-10-27-11-9-18)25-28-19-7-6-17(24(30)31-3)14-20(19)34-25/h6-7,12-14,18,27H,4-5,8-11,15H2,1-3H3. The summed E-state index contributed by atoms with van der Waals surface area (Å²) in [4.78, 5) is 18.7. The van der Waals surface area contributed by atoms with E-state index in [0.717, 1.165) is 31.5 Å². The lowest BCUT2D eigenvalue weighted by Crippen LogP contribution is -2.43. The van der Waals surface area contributed by atoms with Crippen LogP contribution in [0, 0.1) is 5.82 Å². The fourth-order valence-electron chi connectivity index (χ4n) is 4.19. The third kappa shape index (κ3) is 5.09. The summed E-state index contributed by atoms with van der Waals surface area (Å²) in [5.74, 6) is -0.616. The van der Waals surface area contributed by atoms with Crippen LogP contribution in [-0.2, 0) is 11.3 Å². The van der Waals surface area contributed by atoms with Crippen molar-refractivity contribution in [2.24, 2.45) is 0 Å². The van der Waals surface area contributed by atoms with Crippen molar-refractivity contribution in [3.63, 3.8) is 0 Å². The van der Waals surface area contributed by atoms with Gasteiger partial charge in [-0.05, 0) is 75.7 Å². The number of oxazole rings is 1. The smallest absolute Gasteiger partial charge is 0.337 e. The molecule has 1 N–H and O–H groups in total. The molecule has 1 aromatic heterocycles. The van der Waals surface area contributed by atoms with Gasteiger partial charge in [0.15, 0.2) is 17.1 Å². The second-order valence-corrected chi connectivity index (χ2v) is 8.05. The Balaban J connectivity index is 1.72. The highest BCUT2D eigenvalue weighted by Gasteiger charge is 2.27. The highest BCUT2D eigenvalue weighted by molar-refractivity contribution is 5.93. The molecule has 0 unspecified atom stereocenters. The zero-order chi connectivity index (χ0) is 24.1. The fourth-order valence-corrected chi connectivity index (χ4v) is 4.19. The van der Waals surface area contributed by atoms with Gasteiger partial charge < -0.3 is 28.8 Å². The van der Waals surface area contributed by atoms with Crippen LogP contribution >= 0.6 is 0 Å². The van der Waals surface area contributed by atoms with E-state index in [2.05, 4.69) is 10.2 Å². The monoisotopic (exact) mass is 471 g/mol. The minimum absolute atomic E-state index is 0.161. The van der Waals surface area contributed by atoms with Gasteiger partial charge >= 0.3 is 5.97 Å². The molecule has 2 aromatic carbocycles. The summed E-state index contributed by atoms with van der Waals surface area (Å²) in [6, 6.07) is 9.07. The number of carbonyl (C=O) groups is 1. The van der Waals surface area contributed by atoms with Crippen LogP contribution in [0.15, 0.2) is 34.7 Å². The van der Waals surface area contributed by atoms with Crippen LogP contribution in [-0.4, -0.2) is 50.4 Å². The summed E-state index contributed by atoms with van der Waals surface area (Å²) < 4.78 is 36.8. The molecule has 9 heteroatoms. The third-order valence-corrected chi connectivity index (χ3v) is 5.81. The van der Waals surface area contributed by atoms with Gasteiger partial charge in [-0.15, -0.1) is 0 Å². The normalized spacial score (nSPS) is 14.2. The number of nitrogens with one attached hydrogen (secondary N) is 1. The number of esters is 1. The number of hydrogen-bond acceptors (Lipinski definition) is 8. The van der Waals surface area contributed by atoms with Gasteiger partial charge in [-0.2, -0.15) is 9.37 Å². The van der Waals surface area contributed by atoms with Crippen molar-refractivity contribution in [2.45, 2.75) is 39.3 Å². The molecule has 34 heavy (non-hydrogen) atoms. The zero-order valence-corrected chi connectivity index (χ0v) is 19.7. The van der Waals surface area contributed by atoms with Crippen LogP contribution in [0.25, 0.3) is 11.1 Å². The number of nitrogens with zero attached hydrogens (tertiary/aromatic N) is 2. The van der Waals surface area contributed by atoms with Crippen LogP contribution in [0.5, 0.6) is 11.5 Å². The first kappa shape index (κ1) is 23.8. The van der Waals surface area contributed by atoms with Gasteiger partial charge in [0, 0.05) is 12.6 Å². The van der Waals surface area contributed by atoms with Crippen molar-refractivity contribution in [1.82, 2.24) is 10.3 Å². The highest BCUT2D eigenvalue weighted by Crippen LogP contribution is 2.33. The van der Waals surface area contributed by atoms with Crippen LogP contribution in [0.3, 0.4) is 0 Å². The average Bonchev–Trinajstić information content (AvgIpc) is 3.28. The zero-order valence-electron chi connectivity index (χ0n) is 19.7. The lowest BCUT2D eigenvalue weighted by molar-refractivity contribution is 0.0600. The van der Waals surface area contributed by atoms with E-state index in [-0.39, 0.29) is 17.5 Å². The van der Waals surface area contributed by atoms with Gasteiger partial charge in [-0.1, -0.05) is 0 Å². The Labute approximate surface area is 198 Å². The molecule has 182 valence electrons. The lowest BCUT2D eigenvalue weighted by atomic mass is 10.0. The van der Waals surface area contributed by atoms with E-state index in [4.69, 9.17) is 23.6 Å². The molecule has 4 rings (SSSR count). The van der Waals surface area contributed by atoms with Crippen molar-refractivity contribution in [3.05, 3.63) is 47.3 Å². The first-order chi connectivity index (χ1) is 16.5. The van der Waals surface area contributed by atoms with Gasteiger partial charge in [0.1, 0.15) is 5.52 Å². The molecule has 1 aliphatic rings. The second kappa shape index (κ2) is 10.7. The number of methoxy groups -OCH3 is 1. The first-order valence-corrected chi connectivity index (χ1v) is 11.6. The van der Waals surface area contributed by atoms with Crippen molar-refractivity contribution < 1.29 is 27.8 Å². The van der Waals surface area contributed by atoms with E-state index in [0.29, 0.717) is 42.4 Å². The number of aromatic nitrogens is 1. The topological polar surface area (TPSA) is 86.1 Å². The van der Waals surface area contributed by atoms with E-state index in [1.807, 2.05) is 13.8 Å². The van der Waals surface area contributed by atoms with Crippen molar-refractivity contribution in [2.75, 3.05) is 38.3 Å². The highest BCUT2D eigenvalue weighted by atomic mass is 19.1. The molecule has 0 atom stereocenters. The van der Waals surface area contributed by atoms with Gasteiger partial charge in [-0.3, -0.25) is 0 Å². The fraction of sp³-hybridized carbons (Fsp3) is 0.440. The number of piperidine rings is 1. The number of hydrogen-bond donors (Lipinski definition) is 1. The molecule has 0 radical (unpaired) electrons. The van der Waals surface area contributed by atoms with Gasteiger partial charge in [0.2, 0.25) is 5.82 Å². The molecule has 1 aliphatic heterocycles. The molecule has 8 nitrogen and oxygen atoms in total. The van der Waals surface area contributed by atoms with Gasteiger partial charge in [0.05, 0.1) is 25.9 Å². The molecule has 1 fully saturated rings. The number of rotatable bonds is 9. The van der Waals surface area contributed by atoms with E-state index in [1.54, 1.807) is 30.3 Å². The molecule has 3 aromatic rings. The Morgan fingerprint density at radius 1 is 1.15 bits per heavy atom. The van der Waals surface area contributed by atoms with Gasteiger partial charge in [-0.25, -0.2) is 4.79 Å². The largest absolute Gasteiger partial charge is 0.491 e. The predicted octanol–water partition coefficient (Wildman–Crippen LogP) is 4.31. The number of ether oxygens (including phenoxy) is 3. The van der Waals surface area contributed by atoms with Crippen LogP contribution < -0.4 is 19.7 Å². The number of benzene rings is 2. The van der Waals surface area contributed by atoms with Crippen LogP contribution in [0.4, 0.5) is 10.4 Å². The van der Waals surface area contributed by atoms with E-state index in [9.17, 15) is 9.18 Å². The molecule has 0 spiro atoms. The third-order valence-electron chi connectivity index (χ3n) is 5.81. The molecule has 0 saturated carbocycles. The first-order valence-electron chi connectivity index (χ1n) is 11.6. The molecule has 0 aliphatic carbocycles. The summed E-state index contributed by atoms with van der Waals surface area (Å²) >= 11 is 0. The molecule has 0 amide bonds. The number of carbonyl (C=O) groups excluding carboxylic acids is 1. The second-order valence-electron chi connectivity index (χ2n) is 8.05. The SMILES string of the molecule is CCOc1cc(CN(c2nc3ccc(C(=O)OC)cc3o2)C2CCNCC2)cc(OCC)c1F. The summed E-state index contributed by atoms with van der Waals surface area (Å²) in [5.41, 5.74) is 2.36. The van der Waals surface area contributed by atoms with Crippen molar-refractivity contribution >= 4 is 23.1 Å². The maximum Gasteiger partial charge on any atom is 0.337 e. The molecule has 2 heterocycles. The van der Waals surface area contributed by atoms with Gasteiger partial charge in [0.25, 0.3) is 6.01 Å². The summed E-state index contributed by atoms with van der Waals surface area (Å²) in [6.07, 6.45) is 1.81. The predicted molar refractivity (Wildman–Crippen MR) is 126 cm³/mol. The Morgan fingerprint density at radius 2 is 1.82 bits per heavy atom. The van der Waals surface area contributed by atoms with Crippen molar-refractivity contribution in [1.29, 1.82) is 0 Å². The maximum absolute atomic E-state index is 14.8. The number of halogens is 1. The minimum atomic E-state index is -0.502. The van der Waals surface area contributed by atoms with Crippen LogP contribution in [0.2, 0.25) is 0 Å². The maximum atomic E-state index is 14.8. The molecule has 1 saturated heterocycles. The van der Waals surface area contributed by atoms with E-state index in [1.165, 1.54) is 7.11 Å². The molecular weight excluding hydrogens is 441 g/mol. The summed E-state index contributed by atoms with van der Waals surface area (Å²) in [7, 11) is 1.34. The van der Waals surface area contributed by atoms with Crippen molar-refractivity contribution in [3.8, 4) is 11.5 Å². The number of fused-ring (bicyclic) bond motifs is 1. The van der Waals surface area contributed by atoms with E-state index < -0.39 is 11.8 Å². The Morgan fingerprint density at radius 3 is 2.44 bits per heavy atom. The minimum Gasteiger partial charge on any atom is -0.491 e. The molecule has 0 bridgehead atoms. The Bertz CT molecular complexity index is 1120. The Kier molecular flexibility index (Phi) is 7.52. The number of anilines is 1. The van der Waals surface area contributed by atoms with E-state index >= 15 is 0 Å². The Hall–Kier alpha value is -3.33. The molecular formula is C25H30FN3O5. The quantitative estimate of drug-likeness (QED) is 0.462.